The van der Waals surface area contributed by atoms with E-state index in [9.17, 15) is 13.2 Å². The lowest BCUT2D eigenvalue weighted by atomic mass is 9.74. The summed E-state index contributed by atoms with van der Waals surface area (Å²) in [5, 5.41) is 7.49. The molecule has 0 saturated carbocycles. The van der Waals surface area contributed by atoms with Crippen molar-refractivity contribution in [1.29, 1.82) is 0 Å². The maximum atomic E-state index is 11.3. The minimum Gasteiger partial charge on any atom is -0.386 e. The lowest BCUT2D eigenvalue weighted by Crippen LogP contribution is -2.21. The van der Waals surface area contributed by atoms with E-state index in [1.165, 1.54) is 0 Å². The zero-order valence-corrected chi connectivity index (χ0v) is 17.9. The van der Waals surface area contributed by atoms with Crippen molar-refractivity contribution in [3.05, 3.63) is 0 Å². The zero-order valence-electron chi connectivity index (χ0n) is 17.1. The van der Waals surface area contributed by atoms with E-state index < -0.39 is 10.2 Å². The van der Waals surface area contributed by atoms with Crippen molar-refractivity contribution in [2.24, 2.45) is 26.1 Å². The third-order valence-electron chi connectivity index (χ3n) is 4.80. The lowest BCUT2D eigenvalue weighted by Gasteiger charge is -2.31. The average molecular weight is 391 g/mol. The van der Waals surface area contributed by atoms with Gasteiger partial charge in [0.15, 0.2) is 0 Å². The van der Waals surface area contributed by atoms with Crippen LogP contribution in [0.1, 0.15) is 85.5 Å². The Morgan fingerprint density at radius 3 is 1.88 bits per heavy atom. The molecular formula is C18H38N4O3S. The number of hydrogen-bond donors (Lipinski definition) is 3. The fourth-order valence-corrected chi connectivity index (χ4v) is 3.32. The van der Waals surface area contributed by atoms with E-state index in [2.05, 4.69) is 37.4 Å². The molecule has 154 valence electrons. The third kappa shape index (κ3) is 14.1. The molecule has 0 bridgehead atoms. The van der Waals surface area contributed by atoms with Crippen LogP contribution >= 0.6 is 0 Å². The summed E-state index contributed by atoms with van der Waals surface area (Å²) < 4.78 is 24.9. The summed E-state index contributed by atoms with van der Waals surface area (Å²) in [6.45, 7) is 9.04. The smallest absolute Gasteiger partial charge is 0.318 e. The Labute approximate surface area is 159 Å². The van der Waals surface area contributed by atoms with Crippen LogP contribution in [0.4, 0.5) is 0 Å². The molecule has 0 aliphatic heterocycles. The molecule has 0 aromatic carbocycles. The van der Waals surface area contributed by atoms with Crippen molar-refractivity contribution in [2.75, 3.05) is 7.05 Å². The molecule has 0 rings (SSSR count). The summed E-state index contributed by atoms with van der Waals surface area (Å²) >= 11 is 0. The van der Waals surface area contributed by atoms with Crippen LogP contribution in [0, 0.1) is 10.8 Å². The summed E-state index contributed by atoms with van der Waals surface area (Å²) in [4.78, 5) is 11.3. The minimum atomic E-state index is -3.89. The molecule has 0 aromatic rings. The highest BCUT2D eigenvalue weighted by Crippen LogP contribution is 2.37. The molecule has 0 radical (unpaired) electrons. The van der Waals surface area contributed by atoms with Gasteiger partial charge in [-0.1, -0.05) is 34.1 Å². The summed E-state index contributed by atoms with van der Waals surface area (Å²) in [5.74, 6) is 0.175. The fourth-order valence-electron chi connectivity index (χ4n) is 2.90. The minimum absolute atomic E-state index is 0.0718. The molecule has 0 heterocycles. The van der Waals surface area contributed by atoms with Gasteiger partial charge < -0.3 is 11.1 Å². The van der Waals surface area contributed by atoms with Crippen molar-refractivity contribution in [3.63, 3.8) is 0 Å². The molecule has 7 nitrogen and oxygen atoms in total. The van der Waals surface area contributed by atoms with E-state index in [1.807, 2.05) is 0 Å². The number of nitrogens with zero attached hydrogens (tertiary/aromatic N) is 1. The number of carbonyl (C=O) groups is 1. The zero-order chi connectivity index (χ0) is 20.4. The van der Waals surface area contributed by atoms with Gasteiger partial charge in [0.2, 0.25) is 5.91 Å². The molecule has 0 atom stereocenters. The Balaban J connectivity index is 4.16. The van der Waals surface area contributed by atoms with Gasteiger partial charge >= 0.3 is 10.2 Å². The van der Waals surface area contributed by atoms with E-state index in [4.69, 9.17) is 10.9 Å². The van der Waals surface area contributed by atoms with E-state index in [0.29, 0.717) is 12.8 Å². The highest BCUT2D eigenvalue weighted by atomic mass is 32.2. The van der Waals surface area contributed by atoms with Gasteiger partial charge in [-0.15, -0.1) is 4.40 Å². The Morgan fingerprint density at radius 1 is 0.923 bits per heavy atom. The van der Waals surface area contributed by atoms with Crippen molar-refractivity contribution >= 4 is 22.0 Å². The van der Waals surface area contributed by atoms with Crippen LogP contribution < -0.4 is 16.2 Å². The number of amides is 1. The van der Waals surface area contributed by atoms with E-state index >= 15 is 0 Å². The van der Waals surface area contributed by atoms with Crippen molar-refractivity contribution in [2.45, 2.75) is 85.5 Å². The van der Waals surface area contributed by atoms with Crippen molar-refractivity contribution < 1.29 is 13.2 Å². The first-order valence-corrected chi connectivity index (χ1v) is 10.8. The van der Waals surface area contributed by atoms with Crippen molar-refractivity contribution in [3.8, 4) is 0 Å². The van der Waals surface area contributed by atoms with Gasteiger partial charge in [0.05, 0.1) is 0 Å². The van der Waals surface area contributed by atoms with E-state index in [-0.39, 0.29) is 22.6 Å². The fraction of sp³-hybridized carbons (Fsp3) is 0.889. The highest BCUT2D eigenvalue weighted by Gasteiger charge is 2.24. The quantitative estimate of drug-likeness (QED) is 0.254. The highest BCUT2D eigenvalue weighted by molar-refractivity contribution is 7.88. The predicted molar refractivity (Wildman–Crippen MR) is 108 cm³/mol. The largest absolute Gasteiger partial charge is 0.386 e. The second-order valence-corrected chi connectivity index (χ2v) is 9.87. The molecule has 0 aliphatic carbocycles. The second-order valence-electron chi connectivity index (χ2n) is 8.66. The Hall–Kier alpha value is -1.15. The normalized spacial score (nSPS) is 13.7. The second kappa shape index (κ2) is 10.9. The SMILES string of the molecule is CNC(=O)CCCC(C)(C)CCC(C)(C)CCCC/C(N)=N/S(N)(=O)=O. The maximum Gasteiger partial charge on any atom is 0.318 e. The molecule has 0 saturated heterocycles. The van der Waals surface area contributed by atoms with Crippen LogP contribution in [-0.4, -0.2) is 27.2 Å². The average Bonchev–Trinajstić information content (AvgIpc) is 2.48. The standard InChI is InChI=1S/C18H38N4O3S/c1-17(2,11-7-6-9-15(19)22-26(20,24)25)13-14-18(3,4)12-8-10-16(23)21-5/h6-14H2,1-5H3,(H2,19,22)(H,21,23)(H2,20,24,25). The molecular weight excluding hydrogens is 352 g/mol. The molecule has 0 spiro atoms. The Kier molecular flexibility index (Phi) is 10.4. The molecule has 26 heavy (non-hydrogen) atoms. The number of hydrogen-bond acceptors (Lipinski definition) is 3. The Morgan fingerprint density at radius 2 is 1.42 bits per heavy atom. The maximum absolute atomic E-state index is 11.3. The predicted octanol–water partition coefficient (Wildman–Crippen LogP) is 2.86. The molecule has 8 heteroatoms. The van der Waals surface area contributed by atoms with Gasteiger partial charge in [-0.2, -0.15) is 8.42 Å². The van der Waals surface area contributed by atoms with Crippen molar-refractivity contribution in [1.82, 2.24) is 5.32 Å². The summed E-state index contributed by atoms with van der Waals surface area (Å²) in [6.07, 6.45) is 8.01. The molecule has 5 N–H and O–H groups in total. The van der Waals surface area contributed by atoms with Crippen LogP contribution in [0.2, 0.25) is 0 Å². The van der Waals surface area contributed by atoms with E-state index in [1.54, 1.807) is 7.05 Å². The van der Waals surface area contributed by atoms with Crippen LogP contribution in [0.15, 0.2) is 4.40 Å². The summed E-state index contributed by atoms with van der Waals surface area (Å²) in [6, 6.07) is 0. The van der Waals surface area contributed by atoms with Crippen LogP contribution in [0.5, 0.6) is 0 Å². The molecule has 0 fully saturated rings. The number of unbranched alkanes of at least 4 members (excludes halogenated alkanes) is 1. The van der Waals surface area contributed by atoms with Crippen LogP contribution in [0.3, 0.4) is 0 Å². The number of rotatable bonds is 13. The van der Waals surface area contributed by atoms with Gasteiger partial charge in [-0.3, -0.25) is 4.79 Å². The van der Waals surface area contributed by atoms with Crippen LogP contribution in [-0.2, 0) is 15.0 Å². The van der Waals surface area contributed by atoms with E-state index in [0.717, 1.165) is 44.9 Å². The van der Waals surface area contributed by atoms with Crippen LogP contribution in [0.25, 0.3) is 0 Å². The number of nitrogens with one attached hydrogen (secondary N) is 1. The third-order valence-corrected chi connectivity index (χ3v) is 5.28. The summed E-state index contributed by atoms with van der Waals surface area (Å²) in [5.41, 5.74) is 6.00. The molecule has 0 aliphatic rings. The van der Waals surface area contributed by atoms with Gasteiger partial charge in [0.25, 0.3) is 0 Å². The lowest BCUT2D eigenvalue weighted by molar-refractivity contribution is -0.120. The molecule has 0 aromatic heterocycles. The Bertz CT molecular complexity index is 569. The van der Waals surface area contributed by atoms with Gasteiger partial charge in [-0.05, 0) is 49.4 Å². The summed E-state index contributed by atoms with van der Waals surface area (Å²) in [7, 11) is -2.22. The van der Waals surface area contributed by atoms with Gasteiger partial charge in [0.1, 0.15) is 5.84 Å². The number of amidine groups is 1. The van der Waals surface area contributed by atoms with Gasteiger partial charge in [-0.25, -0.2) is 5.14 Å². The molecule has 0 unspecified atom stereocenters. The first-order valence-electron chi connectivity index (χ1n) is 9.34. The monoisotopic (exact) mass is 390 g/mol. The number of nitrogens with two attached hydrogens (primary N) is 2. The number of carbonyl (C=O) groups excluding carboxylic acids is 1. The van der Waals surface area contributed by atoms with Gasteiger partial charge in [0, 0.05) is 19.9 Å². The first kappa shape index (κ1) is 24.8. The topological polar surface area (TPSA) is 128 Å². The molecule has 1 amide bonds. The first-order chi connectivity index (χ1) is 11.8.